The Kier molecular flexibility index (Phi) is 6.50. The van der Waals surface area contributed by atoms with Crippen LogP contribution in [0.2, 0.25) is 0 Å². The number of benzene rings is 2. The fraction of sp³-hybridized carbons (Fsp3) is 0.433. The number of nitriles is 1. The number of morpholine rings is 1. The van der Waals surface area contributed by atoms with Gasteiger partial charge in [-0.05, 0) is 61.1 Å². The lowest BCUT2D eigenvalue weighted by Gasteiger charge is -2.39. The number of furan rings is 1. The highest BCUT2D eigenvalue weighted by Crippen LogP contribution is 2.41. The molecule has 0 atom stereocenters. The number of carbonyl (C=O) groups is 2. The topological polar surface area (TPSA) is 108 Å². The SMILES string of the molecule is N#CC1(NC(=O)C2(NC(=O)c3cc4ccc(-c5ccc(N6CCOCC6)cc5)cc4o3)CCC(F)(F)CC2)CC1. The van der Waals surface area contributed by atoms with Gasteiger partial charge in [-0.3, -0.25) is 9.59 Å². The minimum absolute atomic E-state index is 0.0132. The summed E-state index contributed by atoms with van der Waals surface area (Å²) in [4.78, 5) is 28.8. The van der Waals surface area contributed by atoms with E-state index in [1.54, 1.807) is 6.07 Å². The maximum atomic E-state index is 14.0. The van der Waals surface area contributed by atoms with Crippen LogP contribution in [0.4, 0.5) is 14.5 Å². The molecule has 3 aromatic rings. The van der Waals surface area contributed by atoms with Crippen molar-refractivity contribution in [1.82, 2.24) is 10.6 Å². The molecule has 1 saturated heterocycles. The lowest BCUT2D eigenvalue weighted by molar-refractivity contribution is -0.133. The summed E-state index contributed by atoms with van der Waals surface area (Å²) < 4.78 is 39.3. The molecule has 0 spiro atoms. The van der Waals surface area contributed by atoms with Gasteiger partial charge in [0.2, 0.25) is 11.8 Å². The quantitative estimate of drug-likeness (QED) is 0.459. The van der Waals surface area contributed by atoms with Gasteiger partial charge < -0.3 is 24.7 Å². The van der Waals surface area contributed by atoms with E-state index in [1.165, 1.54) is 0 Å². The zero-order valence-electron chi connectivity index (χ0n) is 22.0. The summed E-state index contributed by atoms with van der Waals surface area (Å²) in [7, 11) is 0. The first-order valence-corrected chi connectivity index (χ1v) is 13.6. The number of alkyl halides is 2. The molecular formula is C30H30F2N4O4. The lowest BCUT2D eigenvalue weighted by Crippen LogP contribution is -2.62. The second-order valence-electron chi connectivity index (χ2n) is 11.0. The molecule has 1 aliphatic heterocycles. The van der Waals surface area contributed by atoms with Crippen molar-refractivity contribution in [3.63, 3.8) is 0 Å². The predicted molar refractivity (Wildman–Crippen MR) is 144 cm³/mol. The predicted octanol–water partition coefficient (Wildman–Crippen LogP) is 4.79. The van der Waals surface area contributed by atoms with Crippen LogP contribution < -0.4 is 15.5 Å². The molecule has 0 radical (unpaired) electrons. The van der Waals surface area contributed by atoms with Gasteiger partial charge in [0.05, 0.1) is 19.3 Å². The van der Waals surface area contributed by atoms with Crippen LogP contribution >= 0.6 is 0 Å². The number of halogens is 2. The number of hydrogen-bond acceptors (Lipinski definition) is 6. The third-order valence-corrected chi connectivity index (χ3v) is 8.26. The molecule has 3 aliphatic rings. The van der Waals surface area contributed by atoms with Crippen molar-refractivity contribution in [1.29, 1.82) is 5.26 Å². The third-order valence-electron chi connectivity index (χ3n) is 8.26. The van der Waals surface area contributed by atoms with Crippen molar-refractivity contribution in [3.05, 3.63) is 54.3 Å². The summed E-state index contributed by atoms with van der Waals surface area (Å²) in [5, 5.41) is 15.5. The molecule has 2 amide bonds. The molecule has 2 heterocycles. The first kappa shape index (κ1) is 26.3. The zero-order chi connectivity index (χ0) is 28.0. The van der Waals surface area contributed by atoms with Crippen molar-refractivity contribution < 1.29 is 27.5 Å². The maximum absolute atomic E-state index is 14.0. The summed E-state index contributed by atoms with van der Waals surface area (Å²) in [5.41, 5.74) is 1.01. The van der Waals surface area contributed by atoms with Crippen LogP contribution in [-0.4, -0.2) is 55.1 Å². The van der Waals surface area contributed by atoms with Crippen LogP contribution in [0.15, 0.2) is 52.9 Å². The minimum Gasteiger partial charge on any atom is -0.451 e. The van der Waals surface area contributed by atoms with Gasteiger partial charge in [-0.1, -0.05) is 24.3 Å². The fourth-order valence-electron chi connectivity index (χ4n) is 5.47. The molecule has 10 heteroatoms. The first-order chi connectivity index (χ1) is 19.2. The Hall–Kier alpha value is -3.97. The second kappa shape index (κ2) is 9.89. The Morgan fingerprint density at radius 1 is 0.875 bits per heavy atom. The maximum Gasteiger partial charge on any atom is 0.287 e. The molecule has 208 valence electrons. The Labute approximate surface area is 230 Å². The smallest absolute Gasteiger partial charge is 0.287 e. The van der Waals surface area contributed by atoms with E-state index in [9.17, 15) is 23.6 Å². The number of hydrogen-bond donors (Lipinski definition) is 2. The molecule has 2 N–H and O–H groups in total. The van der Waals surface area contributed by atoms with E-state index in [1.807, 2.05) is 30.3 Å². The van der Waals surface area contributed by atoms with E-state index in [2.05, 4.69) is 33.7 Å². The minimum atomic E-state index is -2.91. The van der Waals surface area contributed by atoms with E-state index in [4.69, 9.17) is 9.15 Å². The third kappa shape index (κ3) is 5.13. The van der Waals surface area contributed by atoms with Crippen molar-refractivity contribution in [2.24, 2.45) is 0 Å². The van der Waals surface area contributed by atoms with Crippen LogP contribution in [-0.2, 0) is 9.53 Å². The van der Waals surface area contributed by atoms with Crippen LogP contribution in [0.3, 0.4) is 0 Å². The lowest BCUT2D eigenvalue weighted by atomic mass is 9.78. The molecule has 2 aliphatic carbocycles. The van der Waals surface area contributed by atoms with E-state index in [0.717, 1.165) is 29.9 Å². The molecule has 40 heavy (non-hydrogen) atoms. The monoisotopic (exact) mass is 548 g/mol. The van der Waals surface area contributed by atoms with Gasteiger partial charge in [0.1, 0.15) is 16.7 Å². The zero-order valence-corrected chi connectivity index (χ0v) is 22.0. The standard InChI is InChI=1S/C30H30F2N4O4/c31-30(32)11-9-29(10-12-30,27(38)35-28(19-33)7-8-28)34-26(37)25-18-22-2-1-21(17-24(22)40-25)20-3-5-23(6-4-20)36-13-15-39-16-14-36/h1-6,17-18H,7-16H2,(H,34,37)(H,35,38). The van der Waals surface area contributed by atoms with Crippen molar-refractivity contribution in [2.45, 2.75) is 55.5 Å². The summed E-state index contributed by atoms with van der Waals surface area (Å²) >= 11 is 0. The Bertz CT molecular complexity index is 1470. The van der Waals surface area contributed by atoms with Gasteiger partial charge in [-0.15, -0.1) is 0 Å². The van der Waals surface area contributed by atoms with E-state index in [0.29, 0.717) is 37.0 Å². The molecule has 0 bridgehead atoms. The fourth-order valence-corrected chi connectivity index (χ4v) is 5.47. The summed E-state index contributed by atoms with van der Waals surface area (Å²) in [5.74, 6) is -4.18. The number of nitrogens with zero attached hydrogens (tertiary/aromatic N) is 2. The average molecular weight is 549 g/mol. The van der Waals surface area contributed by atoms with Crippen LogP contribution in [0.1, 0.15) is 49.1 Å². The molecule has 2 aromatic carbocycles. The highest BCUT2D eigenvalue weighted by Gasteiger charge is 2.53. The van der Waals surface area contributed by atoms with Gasteiger partial charge in [0, 0.05) is 37.0 Å². The number of rotatable bonds is 6. The van der Waals surface area contributed by atoms with Gasteiger partial charge >= 0.3 is 0 Å². The normalized spacial score (nSPS) is 20.9. The Morgan fingerprint density at radius 2 is 1.55 bits per heavy atom. The number of amides is 2. The summed E-state index contributed by atoms with van der Waals surface area (Å²) in [6, 6.07) is 17.5. The van der Waals surface area contributed by atoms with Gasteiger partial charge in [-0.2, -0.15) is 5.26 Å². The number of ether oxygens (including phenoxy) is 1. The van der Waals surface area contributed by atoms with Gasteiger partial charge in [-0.25, -0.2) is 8.78 Å². The first-order valence-electron chi connectivity index (χ1n) is 13.6. The average Bonchev–Trinajstić information content (AvgIpc) is 3.61. The van der Waals surface area contributed by atoms with Gasteiger partial charge in [0.15, 0.2) is 5.76 Å². The molecule has 1 aromatic heterocycles. The van der Waals surface area contributed by atoms with Crippen LogP contribution in [0.5, 0.6) is 0 Å². The highest BCUT2D eigenvalue weighted by molar-refractivity contribution is 6.00. The number of nitrogens with one attached hydrogen (secondary N) is 2. The van der Waals surface area contributed by atoms with E-state index < -0.39 is 41.7 Å². The molecule has 8 nitrogen and oxygen atoms in total. The van der Waals surface area contributed by atoms with E-state index >= 15 is 0 Å². The van der Waals surface area contributed by atoms with Gasteiger partial charge in [0.25, 0.3) is 5.91 Å². The second-order valence-corrected chi connectivity index (χ2v) is 11.0. The van der Waals surface area contributed by atoms with Crippen molar-refractivity contribution in [2.75, 3.05) is 31.2 Å². The van der Waals surface area contributed by atoms with Crippen molar-refractivity contribution in [3.8, 4) is 17.2 Å². The molecular weight excluding hydrogens is 518 g/mol. The molecule has 2 saturated carbocycles. The Balaban J connectivity index is 1.21. The number of fused-ring (bicyclic) bond motifs is 1. The Morgan fingerprint density at radius 3 is 2.20 bits per heavy atom. The molecule has 6 rings (SSSR count). The summed E-state index contributed by atoms with van der Waals surface area (Å²) in [6.07, 6.45) is -0.537. The number of anilines is 1. The molecule has 0 unspecified atom stereocenters. The molecule has 3 fully saturated rings. The van der Waals surface area contributed by atoms with E-state index in [-0.39, 0.29) is 18.6 Å². The highest BCUT2D eigenvalue weighted by atomic mass is 19.3. The van der Waals surface area contributed by atoms with Crippen LogP contribution in [0, 0.1) is 11.3 Å². The largest absolute Gasteiger partial charge is 0.451 e. The van der Waals surface area contributed by atoms with Crippen molar-refractivity contribution >= 4 is 28.5 Å². The summed E-state index contributed by atoms with van der Waals surface area (Å²) in [6.45, 7) is 3.14. The van der Waals surface area contributed by atoms with Crippen LogP contribution in [0.25, 0.3) is 22.1 Å². The number of carbonyl (C=O) groups excluding carboxylic acids is 2.